The largest absolute Gasteiger partial charge is 0.497 e. The number of carbonyl (C=O) groups is 1. The third-order valence-corrected chi connectivity index (χ3v) is 3.03. The maximum atomic E-state index is 11.5. The van der Waals surface area contributed by atoms with Crippen LogP contribution >= 0.6 is 0 Å². The molecule has 0 aliphatic carbocycles. The second kappa shape index (κ2) is 8.53. The Balaban J connectivity index is 2.31. The molecule has 0 saturated heterocycles. The molecule has 0 radical (unpaired) electrons. The smallest absolute Gasteiger partial charge is 0.220 e. The Morgan fingerprint density at radius 2 is 2.11 bits per heavy atom. The second-order valence-corrected chi connectivity index (χ2v) is 4.49. The molecule has 0 aromatic heterocycles. The van der Waals surface area contributed by atoms with Crippen molar-refractivity contribution in [2.45, 2.75) is 26.2 Å². The van der Waals surface area contributed by atoms with Crippen LogP contribution in [0.25, 0.3) is 0 Å². The van der Waals surface area contributed by atoms with Crippen molar-refractivity contribution in [3.8, 4) is 5.75 Å². The second-order valence-electron chi connectivity index (χ2n) is 4.49. The fraction of sp³-hybridized carbons (Fsp3) is 0.533. The lowest BCUT2D eigenvalue weighted by molar-refractivity contribution is -0.121. The molecule has 1 amide bonds. The predicted octanol–water partition coefficient (Wildman–Crippen LogP) is 2.09. The van der Waals surface area contributed by atoms with Gasteiger partial charge in [-0.25, -0.2) is 0 Å². The van der Waals surface area contributed by atoms with Gasteiger partial charge >= 0.3 is 0 Å². The van der Waals surface area contributed by atoms with Crippen molar-refractivity contribution >= 4 is 5.91 Å². The highest BCUT2D eigenvalue weighted by molar-refractivity contribution is 5.75. The Kier molecular flexibility index (Phi) is 6.97. The van der Waals surface area contributed by atoms with Crippen molar-refractivity contribution in [2.24, 2.45) is 0 Å². The number of hydrogen-bond acceptors (Lipinski definition) is 3. The molecule has 1 aromatic rings. The third-order valence-electron chi connectivity index (χ3n) is 3.03. The summed E-state index contributed by atoms with van der Waals surface area (Å²) in [7, 11) is 3.29. The monoisotopic (exact) mass is 265 g/mol. The number of ether oxygens (including phenoxy) is 2. The van der Waals surface area contributed by atoms with Crippen molar-refractivity contribution in [1.82, 2.24) is 5.32 Å². The van der Waals surface area contributed by atoms with Crippen molar-refractivity contribution in [1.29, 1.82) is 0 Å². The predicted molar refractivity (Wildman–Crippen MR) is 75.6 cm³/mol. The molecule has 1 rings (SSSR count). The first kappa shape index (κ1) is 15.5. The van der Waals surface area contributed by atoms with E-state index in [1.807, 2.05) is 12.1 Å². The van der Waals surface area contributed by atoms with Gasteiger partial charge in [0.05, 0.1) is 13.7 Å². The Labute approximate surface area is 115 Å². The summed E-state index contributed by atoms with van der Waals surface area (Å²) in [6.45, 7) is 3.21. The van der Waals surface area contributed by atoms with Gasteiger partial charge in [-0.3, -0.25) is 4.79 Å². The van der Waals surface area contributed by atoms with Gasteiger partial charge in [0.15, 0.2) is 0 Å². The van der Waals surface area contributed by atoms with Crippen molar-refractivity contribution < 1.29 is 14.3 Å². The lowest BCUT2D eigenvalue weighted by Gasteiger charge is -2.08. The van der Waals surface area contributed by atoms with Gasteiger partial charge in [-0.05, 0) is 43.0 Å². The van der Waals surface area contributed by atoms with Crippen LogP contribution in [0.2, 0.25) is 0 Å². The Hall–Kier alpha value is -1.55. The minimum Gasteiger partial charge on any atom is -0.497 e. The van der Waals surface area contributed by atoms with Gasteiger partial charge in [0.1, 0.15) is 5.75 Å². The SMILES string of the molecule is COCCNC(=O)CCCc1ccc(OC)cc1C. The number of amides is 1. The fourth-order valence-electron chi connectivity index (χ4n) is 1.90. The van der Waals surface area contributed by atoms with E-state index in [0.717, 1.165) is 18.6 Å². The van der Waals surface area contributed by atoms with E-state index in [4.69, 9.17) is 9.47 Å². The summed E-state index contributed by atoms with van der Waals surface area (Å²) in [5.41, 5.74) is 2.48. The van der Waals surface area contributed by atoms with Crippen molar-refractivity contribution in [2.75, 3.05) is 27.4 Å². The van der Waals surface area contributed by atoms with Crippen LogP contribution in [0.5, 0.6) is 5.75 Å². The summed E-state index contributed by atoms with van der Waals surface area (Å²) < 4.78 is 10.0. The summed E-state index contributed by atoms with van der Waals surface area (Å²) in [6, 6.07) is 6.05. The maximum Gasteiger partial charge on any atom is 0.220 e. The van der Waals surface area contributed by atoms with Crippen LogP contribution in [0, 0.1) is 6.92 Å². The van der Waals surface area contributed by atoms with E-state index in [1.54, 1.807) is 14.2 Å². The minimum absolute atomic E-state index is 0.0863. The van der Waals surface area contributed by atoms with Gasteiger partial charge in [-0.15, -0.1) is 0 Å². The van der Waals surface area contributed by atoms with Crippen LogP contribution in [-0.4, -0.2) is 33.3 Å². The van der Waals surface area contributed by atoms with Crippen LogP contribution < -0.4 is 10.1 Å². The molecule has 1 N–H and O–H groups in total. The molecule has 106 valence electrons. The maximum absolute atomic E-state index is 11.5. The van der Waals surface area contributed by atoms with Crippen molar-refractivity contribution in [3.05, 3.63) is 29.3 Å². The summed E-state index contributed by atoms with van der Waals surface area (Å²) in [5, 5.41) is 2.82. The molecule has 0 bridgehead atoms. The molecule has 19 heavy (non-hydrogen) atoms. The number of benzene rings is 1. The quantitative estimate of drug-likeness (QED) is 0.732. The third kappa shape index (κ3) is 5.75. The van der Waals surface area contributed by atoms with Crippen molar-refractivity contribution in [3.63, 3.8) is 0 Å². The molecule has 0 saturated carbocycles. The van der Waals surface area contributed by atoms with E-state index in [9.17, 15) is 4.79 Å². The van der Waals surface area contributed by atoms with Gasteiger partial charge in [0.2, 0.25) is 5.91 Å². The van der Waals surface area contributed by atoms with E-state index < -0.39 is 0 Å². The Morgan fingerprint density at radius 1 is 1.32 bits per heavy atom. The summed E-state index contributed by atoms with van der Waals surface area (Å²) in [4.78, 5) is 11.5. The normalized spacial score (nSPS) is 10.3. The van der Waals surface area contributed by atoms with Crippen LogP contribution in [-0.2, 0) is 16.0 Å². The van der Waals surface area contributed by atoms with Gasteiger partial charge in [-0.2, -0.15) is 0 Å². The topological polar surface area (TPSA) is 47.6 Å². The lowest BCUT2D eigenvalue weighted by atomic mass is 10.0. The molecule has 0 aliphatic rings. The van der Waals surface area contributed by atoms with Crippen LogP contribution in [0.15, 0.2) is 18.2 Å². The number of methoxy groups -OCH3 is 2. The molecule has 0 spiro atoms. The van der Waals surface area contributed by atoms with E-state index in [2.05, 4.69) is 18.3 Å². The highest BCUT2D eigenvalue weighted by Crippen LogP contribution is 2.18. The van der Waals surface area contributed by atoms with E-state index in [1.165, 1.54) is 11.1 Å². The minimum atomic E-state index is 0.0863. The number of nitrogens with one attached hydrogen (secondary N) is 1. The van der Waals surface area contributed by atoms with Crippen LogP contribution in [0.3, 0.4) is 0 Å². The molecular weight excluding hydrogens is 242 g/mol. The van der Waals surface area contributed by atoms with E-state index >= 15 is 0 Å². The highest BCUT2D eigenvalue weighted by Gasteiger charge is 2.03. The van der Waals surface area contributed by atoms with Gasteiger partial charge < -0.3 is 14.8 Å². The van der Waals surface area contributed by atoms with Gasteiger partial charge in [0.25, 0.3) is 0 Å². The molecule has 1 aromatic carbocycles. The zero-order valence-electron chi connectivity index (χ0n) is 12.0. The van der Waals surface area contributed by atoms with E-state index in [-0.39, 0.29) is 5.91 Å². The molecule has 0 heterocycles. The summed E-state index contributed by atoms with van der Waals surface area (Å²) >= 11 is 0. The van der Waals surface area contributed by atoms with Gasteiger partial charge in [0, 0.05) is 20.1 Å². The number of carbonyl (C=O) groups excluding carboxylic acids is 1. The molecular formula is C15H23NO3. The van der Waals surface area contributed by atoms with Crippen LogP contribution in [0.4, 0.5) is 0 Å². The molecule has 0 fully saturated rings. The Morgan fingerprint density at radius 3 is 2.74 bits per heavy atom. The zero-order chi connectivity index (χ0) is 14.1. The molecule has 4 heteroatoms. The fourth-order valence-corrected chi connectivity index (χ4v) is 1.90. The zero-order valence-corrected chi connectivity index (χ0v) is 12.0. The standard InChI is InChI=1S/C15H23NO3/c1-12-11-14(19-3)8-7-13(12)5-4-6-15(17)16-9-10-18-2/h7-8,11H,4-6,9-10H2,1-3H3,(H,16,17). The summed E-state index contributed by atoms with van der Waals surface area (Å²) in [5.74, 6) is 0.960. The lowest BCUT2D eigenvalue weighted by Crippen LogP contribution is -2.26. The van der Waals surface area contributed by atoms with E-state index in [0.29, 0.717) is 19.6 Å². The first-order valence-corrected chi connectivity index (χ1v) is 6.56. The first-order chi connectivity index (χ1) is 9.17. The Bertz CT molecular complexity index is 404. The number of aryl methyl sites for hydroxylation is 2. The number of hydrogen-bond donors (Lipinski definition) is 1. The molecule has 4 nitrogen and oxygen atoms in total. The number of rotatable bonds is 8. The molecule has 0 atom stereocenters. The molecule has 0 unspecified atom stereocenters. The van der Waals surface area contributed by atoms with Crippen LogP contribution in [0.1, 0.15) is 24.0 Å². The summed E-state index contributed by atoms with van der Waals surface area (Å²) in [6.07, 6.45) is 2.31. The molecule has 0 aliphatic heterocycles. The average Bonchev–Trinajstić information content (AvgIpc) is 2.41. The first-order valence-electron chi connectivity index (χ1n) is 6.56. The highest BCUT2D eigenvalue weighted by atomic mass is 16.5. The average molecular weight is 265 g/mol. The van der Waals surface area contributed by atoms with Gasteiger partial charge in [-0.1, -0.05) is 6.07 Å².